The van der Waals surface area contributed by atoms with Gasteiger partial charge in [0, 0.05) is 11.7 Å². The van der Waals surface area contributed by atoms with Crippen molar-refractivity contribution in [2.45, 2.75) is 26.3 Å². The molecule has 0 fully saturated rings. The minimum Gasteiger partial charge on any atom is -0.315 e. The van der Waals surface area contributed by atoms with E-state index in [0.29, 0.717) is 11.2 Å². The molecule has 0 aliphatic carbocycles. The molecule has 0 amide bonds. The SMILES string of the molecule is CC(C)(C)n1c(=O)c(=O)[nH]c2cccnc21. The second kappa shape index (κ2) is 3.30. The maximum atomic E-state index is 11.8. The average molecular weight is 219 g/mol. The normalized spacial score (nSPS) is 11.9. The molecule has 0 radical (unpaired) electrons. The summed E-state index contributed by atoms with van der Waals surface area (Å²) in [5, 5.41) is 0. The molecule has 16 heavy (non-hydrogen) atoms. The number of nitrogens with zero attached hydrogens (tertiary/aromatic N) is 2. The Hall–Kier alpha value is -1.91. The molecule has 2 rings (SSSR count). The van der Waals surface area contributed by atoms with E-state index in [4.69, 9.17) is 0 Å². The molecule has 84 valence electrons. The van der Waals surface area contributed by atoms with E-state index in [-0.39, 0.29) is 0 Å². The topological polar surface area (TPSA) is 67.8 Å². The Kier molecular flexibility index (Phi) is 2.18. The van der Waals surface area contributed by atoms with Crippen LogP contribution in [0.15, 0.2) is 27.9 Å². The van der Waals surface area contributed by atoms with Crippen LogP contribution in [0.5, 0.6) is 0 Å². The number of pyridine rings is 1. The number of aromatic amines is 1. The number of hydrogen-bond acceptors (Lipinski definition) is 3. The van der Waals surface area contributed by atoms with Gasteiger partial charge in [0.2, 0.25) is 0 Å². The van der Waals surface area contributed by atoms with Crippen molar-refractivity contribution in [3.05, 3.63) is 39.0 Å². The number of fused-ring (bicyclic) bond motifs is 1. The highest BCUT2D eigenvalue weighted by atomic mass is 16.2. The first-order chi connectivity index (χ1) is 7.41. The van der Waals surface area contributed by atoms with Crippen molar-refractivity contribution in [1.82, 2.24) is 14.5 Å². The zero-order valence-corrected chi connectivity index (χ0v) is 9.44. The second-order valence-corrected chi connectivity index (χ2v) is 4.64. The van der Waals surface area contributed by atoms with Gasteiger partial charge >= 0.3 is 11.1 Å². The summed E-state index contributed by atoms with van der Waals surface area (Å²) in [7, 11) is 0. The highest BCUT2D eigenvalue weighted by Gasteiger charge is 2.19. The molecule has 2 aromatic rings. The van der Waals surface area contributed by atoms with Crippen molar-refractivity contribution in [3.8, 4) is 0 Å². The highest BCUT2D eigenvalue weighted by Crippen LogP contribution is 2.15. The highest BCUT2D eigenvalue weighted by molar-refractivity contribution is 5.69. The molecule has 0 saturated carbocycles. The molecule has 2 heterocycles. The molecule has 1 N–H and O–H groups in total. The summed E-state index contributed by atoms with van der Waals surface area (Å²) in [4.78, 5) is 30.0. The number of nitrogens with one attached hydrogen (secondary N) is 1. The smallest absolute Gasteiger partial charge is 0.315 e. The second-order valence-electron chi connectivity index (χ2n) is 4.64. The van der Waals surface area contributed by atoms with E-state index in [1.54, 1.807) is 18.3 Å². The fourth-order valence-corrected chi connectivity index (χ4v) is 1.67. The lowest BCUT2D eigenvalue weighted by Crippen LogP contribution is -2.43. The predicted octanol–water partition coefficient (Wildman–Crippen LogP) is 0.840. The van der Waals surface area contributed by atoms with Crippen molar-refractivity contribution in [3.63, 3.8) is 0 Å². The molecule has 0 aliphatic rings. The molecule has 0 unspecified atom stereocenters. The molecule has 5 nitrogen and oxygen atoms in total. The van der Waals surface area contributed by atoms with E-state index in [0.717, 1.165) is 0 Å². The monoisotopic (exact) mass is 219 g/mol. The van der Waals surface area contributed by atoms with Crippen LogP contribution in [-0.2, 0) is 5.54 Å². The molecule has 0 atom stereocenters. The van der Waals surface area contributed by atoms with Gasteiger partial charge in [-0.25, -0.2) is 4.98 Å². The van der Waals surface area contributed by atoms with Crippen molar-refractivity contribution in [2.75, 3.05) is 0 Å². The summed E-state index contributed by atoms with van der Waals surface area (Å²) in [6.45, 7) is 5.59. The lowest BCUT2D eigenvalue weighted by atomic mass is 10.1. The van der Waals surface area contributed by atoms with Gasteiger partial charge in [-0.3, -0.25) is 14.2 Å². The summed E-state index contributed by atoms with van der Waals surface area (Å²) in [6, 6.07) is 3.45. The number of H-pyrrole nitrogens is 1. The van der Waals surface area contributed by atoms with E-state index in [2.05, 4.69) is 9.97 Å². The van der Waals surface area contributed by atoms with Gasteiger partial charge in [-0.15, -0.1) is 0 Å². The number of rotatable bonds is 0. The summed E-state index contributed by atoms with van der Waals surface area (Å²) in [5.41, 5.74) is -0.589. The molecule has 0 saturated heterocycles. The Balaban J connectivity index is 3.05. The van der Waals surface area contributed by atoms with Crippen LogP contribution < -0.4 is 11.1 Å². The van der Waals surface area contributed by atoms with Crippen LogP contribution >= 0.6 is 0 Å². The van der Waals surface area contributed by atoms with Crippen LogP contribution in [-0.4, -0.2) is 14.5 Å². The lowest BCUT2D eigenvalue weighted by molar-refractivity contribution is 0.393. The van der Waals surface area contributed by atoms with Gasteiger partial charge in [-0.05, 0) is 32.9 Å². The minimum atomic E-state index is -0.615. The zero-order chi connectivity index (χ0) is 11.9. The van der Waals surface area contributed by atoms with Crippen molar-refractivity contribution in [1.29, 1.82) is 0 Å². The first kappa shape index (κ1) is 10.6. The van der Waals surface area contributed by atoms with Crippen molar-refractivity contribution >= 4 is 11.2 Å². The molecular formula is C11H13N3O2. The molecule has 0 aromatic carbocycles. The number of aromatic nitrogens is 3. The van der Waals surface area contributed by atoms with Gasteiger partial charge < -0.3 is 4.98 Å². The Morgan fingerprint density at radius 3 is 2.62 bits per heavy atom. The fraction of sp³-hybridized carbons (Fsp3) is 0.364. The Labute approximate surface area is 91.8 Å². The van der Waals surface area contributed by atoms with Gasteiger partial charge in [0.25, 0.3) is 0 Å². The van der Waals surface area contributed by atoms with E-state index < -0.39 is 16.7 Å². The molecule has 0 bridgehead atoms. The molecule has 0 spiro atoms. The maximum Gasteiger partial charge on any atom is 0.318 e. The first-order valence-electron chi connectivity index (χ1n) is 5.02. The van der Waals surface area contributed by atoms with Gasteiger partial charge in [0.1, 0.15) is 0 Å². The average Bonchev–Trinajstić information content (AvgIpc) is 2.17. The van der Waals surface area contributed by atoms with Gasteiger partial charge in [-0.1, -0.05) is 0 Å². The molecule has 2 aromatic heterocycles. The summed E-state index contributed by atoms with van der Waals surface area (Å²) >= 11 is 0. The van der Waals surface area contributed by atoms with Crippen LogP contribution in [0.1, 0.15) is 20.8 Å². The zero-order valence-electron chi connectivity index (χ0n) is 9.44. The summed E-state index contributed by atoms with van der Waals surface area (Å²) < 4.78 is 1.42. The molecule has 5 heteroatoms. The third-order valence-electron chi connectivity index (χ3n) is 2.31. The minimum absolute atomic E-state index is 0.474. The van der Waals surface area contributed by atoms with Gasteiger partial charge in [0.05, 0.1) is 5.52 Å². The van der Waals surface area contributed by atoms with E-state index in [1.165, 1.54) is 4.57 Å². The van der Waals surface area contributed by atoms with Crippen LogP contribution in [0.2, 0.25) is 0 Å². The molecular weight excluding hydrogens is 206 g/mol. The Morgan fingerprint density at radius 1 is 1.31 bits per heavy atom. The molecule has 0 aliphatic heterocycles. The Morgan fingerprint density at radius 2 is 2.00 bits per heavy atom. The van der Waals surface area contributed by atoms with Crippen molar-refractivity contribution < 1.29 is 0 Å². The fourth-order valence-electron chi connectivity index (χ4n) is 1.67. The van der Waals surface area contributed by atoms with E-state index in [9.17, 15) is 9.59 Å². The summed E-state index contributed by atoms with van der Waals surface area (Å²) in [5.74, 6) is 0. The maximum absolute atomic E-state index is 11.8. The predicted molar refractivity (Wildman–Crippen MR) is 61.6 cm³/mol. The van der Waals surface area contributed by atoms with Gasteiger partial charge in [0.15, 0.2) is 5.65 Å². The third kappa shape index (κ3) is 1.54. The summed E-state index contributed by atoms with van der Waals surface area (Å²) in [6.07, 6.45) is 1.60. The van der Waals surface area contributed by atoms with Crippen molar-refractivity contribution in [2.24, 2.45) is 0 Å². The lowest BCUT2D eigenvalue weighted by Gasteiger charge is -2.22. The van der Waals surface area contributed by atoms with E-state index in [1.807, 2.05) is 20.8 Å². The largest absolute Gasteiger partial charge is 0.318 e. The standard InChI is InChI=1S/C11H13N3O2/c1-11(2,3)14-8-7(5-4-6-12-8)13-9(15)10(14)16/h4-6H,1-3H3,(H,13,15). The van der Waals surface area contributed by atoms with Crippen LogP contribution in [0.3, 0.4) is 0 Å². The number of hydrogen-bond donors (Lipinski definition) is 1. The van der Waals surface area contributed by atoms with Crippen LogP contribution in [0, 0.1) is 0 Å². The van der Waals surface area contributed by atoms with Crippen LogP contribution in [0.4, 0.5) is 0 Å². The third-order valence-corrected chi connectivity index (χ3v) is 2.31. The van der Waals surface area contributed by atoms with Crippen LogP contribution in [0.25, 0.3) is 11.2 Å². The Bertz CT molecular complexity index is 647. The first-order valence-corrected chi connectivity index (χ1v) is 5.02. The van der Waals surface area contributed by atoms with Gasteiger partial charge in [-0.2, -0.15) is 0 Å². The quantitative estimate of drug-likeness (QED) is 0.667. The van der Waals surface area contributed by atoms with E-state index >= 15 is 0 Å².